The maximum atomic E-state index is 12.5. The molecule has 3 aromatic carbocycles. The standard InChI is InChI=1S/C24H25N3O4S2/c1-3-17(2)31-21-11-7-8-18(16-21)23(28)26-24(32)25-19-12-14-22(15-13-19)33(29,30)27-20-9-5-4-6-10-20/h4-17,27H,3H2,1-2H3,(H2,25,26,28,32). The highest BCUT2D eigenvalue weighted by atomic mass is 32.2. The summed E-state index contributed by atoms with van der Waals surface area (Å²) in [6, 6.07) is 21.5. The van der Waals surface area contributed by atoms with Crippen LogP contribution in [-0.2, 0) is 10.0 Å². The number of rotatable bonds is 8. The zero-order valence-corrected chi connectivity index (χ0v) is 19.9. The van der Waals surface area contributed by atoms with Gasteiger partial charge in [0.05, 0.1) is 11.0 Å². The number of anilines is 2. The van der Waals surface area contributed by atoms with Crippen LogP contribution in [0.1, 0.15) is 30.6 Å². The third-order valence-corrected chi connectivity index (χ3v) is 6.29. The fourth-order valence-corrected chi connectivity index (χ4v) is 4.07. The lowest BCUT2D eigenvalue weighted by Crippen LogP contribution is -2.34. The zero-order valence-electron chi connectivity index (χ0n) is 18.2. The molecule has 0 saturated carbocycles. The zero-order chi connectivity index (χ0) is 23.8. The summed E-state index contributed by atoms with van der Waals surface area (Å²) in [6.07, 6.45) is 0.896. The molecule has 0 heterocycles. The number of amides is 1. The SMILES string of the molecule is CCC(C)Oc1cccc(C(=O)NC(=S)Nc2ccc(S(=O)(=O)Nc3ccccc3)cc2)c1. The Labute approximate surface area is 199 Å². The van der Waals surface area contributed by atoms with E-state index in [0.717, 1.165) is 6.42 Å². The highest BCUT2D eigenvalue weighted by molar-refractivity contribution is 7.92. The molecule has 3 aromatic rings. The lowest BCUT2D eigenvalue weighted by atomic mass is 10.2. The van der Waals surface area contributed by atoms with Crippen LogP contribution in [0.5, 0.6) is 5.75 Å². The molecule has 1 atom stereocenters. The number of ether oxygens (including phenoxy) is 1. The van der Waals surface area contributed by atoms with Gasteiger partial charge in [-0.05, 0) is 80.2 Å². The van der Waals surface area contributed by atoms with E-state index < -0.39 is 10.0 Å². The number of hydrogen-bond donors (Lipinski definition) is 3. The van der Waals surface area contributed by atoms with Crippen LogP contribution in [-0.4, -0.2) is 25.5 Å². The summed E-state index contributed by atoms with van der Waals surface area (Å²) < 4.78 is 33.3. The molecule has 0 bridgehead atoms. The third-order valence-electron chi connectivity index (χ3n) is 4.68. The van der Waals surface area contributed by atoms with Crippen LogP contribution in [0.2, 0.25) is 0 Å². The predicted molar refractivity (Wildman–Crippen MR) is 134 cm³/mol. The monoisotopic (exact) mass is 483 g/mol. The van der Waals surface area contributed by atoms with Crippen molar-refractivity contribution in [3.8, 4) is 5.75 Å². The van der Waals surface area contributed by atoms with Gasteiger partial charge in [0.2, 0.25) is 0 Å². The molecule has 0 fully saturated rings. The Morgan fingerprint density at radius 1 is 0.970 bits per heavy atom. The van der Waals surface area contributed by atoms with E-state index in [0.29, 0.717) is 22.7 Å². The number of nitrogens with one attached hydrogen (secondary N) is 3. The highest BCUT2D eigenvalue weighted by Crippen LogP contribution is 2.19. The van der Waals surface area contributed by atoms with Gasteiger partial charge in [-0.25, -0.2) is 8.42 Å². The molecule has 3 rings (SSSR count). The highest BCUT2D eigenvalue weighted by Gasteiger charge is 2.14. The maximum Gasteiger partial charge on any atom is 0.261 e. The number of carbonyl (C=O) groups excluding carboxylic acids is 1. The first-order valence-electron chi connectivity index (χ1n) is 10.3. The largest absolute Gasteiger partial charge is 0.491 e. The summed E-state index contributed by atoms with van der Waals surface area (Å²) in [5.74, 6) is 0.227. The van der Waals surface area contributed by atoms with Crippen molar-refractivity contribution in [1.82, 2.24) is 5.32 Å². The molecule has 0 spiro atoms. The quantitative estimate of drug-likeness (QED) is 0.399. The first-order valence-corrected chi connectivity index (χ1v) is 12.2. The van der Waals surface area contributed by atoms with E-state index in [1.807, 2.05) is 13.8 Å². The molecule has 7 nitrogen and oxygen atoms in total. The number of thiocarbonyl (C=S) groups is 1. The molecule has 9 heteroatoms. The summed E-state index contributed by atoms with van der Waals surface area (Å²) in [7, 11) is -3.72. The summed E-state index contributed by atoms with van der Waals surface area (Å²) in [5, 5.41) is 5.58. The third kappa shape index (κ3) is 7.03. The van der Waals surface area contributed by atoms with Gasteiger partial charge in [0.15, 0.2) is 5.11 Å². The minimum Gasteiger partial charge on any atom is -0.491 e. The van der Waals surface area contributed by atoms with Crippen LogP contribution < -0.4 is 20.1 Å². The van der Waals surface area contributed by atoms with Gasteiger partial charge in [0.1, 0.15) is 5.75 Å². The van der Waals surface area contributed by atoms with Crippen molar-refractivity contribution < 1.29 is 17.9 Å². The first kappa shape index (κ1) is 24.2. The van der Waals surface area contributed by atoms with E-state index in [1.165, 1.54) is 12.1 Å². The van der Waals surface area contributed by atoms with Gasteiger partial charge in [-0.2, -0.15) is 0 Å². The number of hydrogen-bond acceptors (Lipinski definition) is 5. The lowest BCUT2D eigenvalue weighted by Gasteiger charge is -2.14. The molecular weight excluding hydrogens is 458 g/mol. The first-order chi connectivity index (χ1) is 15.8. The van der Waals surface area contributed by atoms with Gasteiger partial charge in [-0.3, -0.25) is 14.8 Å². The van der Waals surface area contributed by atoms with E-state index in [9.17, 15) is 13.2 Å². The molecule has 0 radical (unpaired) electrons. The second-order valence-corrected chi connectivity index (χ2v) is 9.36. The summed E-state index contributed by atoms with van der Waals surface area (Å²) in [5.41, 5.74) is 1.42. The van der Waals surface area contributed by atoms with Gasteiger partial charge in [-0.15, -0.1) is 0 Å². The van der Waals surface area contributed by atoms with E-state index in [-0.39, 0.29) is 22.0 Å². The van der Waals surface area contributed by atoms with Crippen LogP contribution in [0.25, 0.3) is 0 Å². The molecule has 0 saturated heterocycles. The average Bonchev–Trinajstić information content (AvgIpc) is 2.80. The predicted octanol–water partition coefficient (Wildman–Crippen LogP) is 4.79. The number of sulfonamides is 1. The minimum atomic E-state index is -3.72. The minimum absolute atomic E-state index is 0.0423. The van der Waals surface area contributed by atoms with Gasteiger partial charge < -0.3 is 10.1 Å². The normalized spacial score (nSPS) is 11.8. The molecule has 0 aliphatic rings. The smallest absolute Gasteiger partial charge is 0.261 e. The van der Waals surface area contributed by atoms with E-state index in [2.05, 4.69) is 15.4 Å². The lowest BCUT2D eigenvalue weighted by molar-refractivity contribution is 0.0977. The molecule has 172 valence electrons. The Kier molecular flexibility index (Phi) is 8.02. The van der Waals surface area contributed by atoms with Crippen molar-refractivity contribution in [2.24, 2.45) is 0 Å². The topological polar surface area (TPSA) is 96.5 Å². The number of carbonyl (C=O) groups is 1. The van der Waals surface area contributed by atoms with Crippen LogP contribution in [0.3, 0.4) is 0 Å². The fraction of sp³-hybridized carbons (Fsp3) is 0.167. The van der Waals surface area contributed by atoms with Gasteiger partial charge in [-0.1, -0.05) is 31.2 Å². The van der Waals surface area contributed by atoms with E-state index >= 15 is 0 Å². The molecule has 0 aliphatic heterocycles. The van der Waals surface area contributed by atoms with E-state index in [1.54, 1.807) is 66.7 Å². The van der Waals surface area contributed by atoms with Crippen LogP contribution in [0.4, 0.5) is 11.4 Å². The average molecular weight is 484 g/mol. The molecule has 0 aliphatic carbocycles. The second kappa shape index (κ2) is 10.9. The van der Waals surface area contributed by atoms with Crippen molar-refractivity contribution in [2.45, 2.75) is 31.3 Å². The number of para-hydroxylation sites is 1. The Morgan fingerprint density at radius 2 is 1.67 bits per heavy atom. The fourth-order valence-electron chi connectivity index (χ4n) is 2.80. The molecule has 0 aromatic heterocycles. The van der Waals surface area contributed by atoms with Gasteiger partial charge in [0.25, 0.3) is 15.9 Å². The maximum absolute atomic E-state index is 12.5. The Morgan fingerprint density at radius 3 is 2.33 bits per heavy atom. The van der Waals surface area contributed by atoms with Crippen LogP contribution in [0, 0.1) is 0 Å². The van der Waals surface area contributed by atoms with Crippen molar-refractivity contribution in [1.29, 1.82) is 0 Å². The molecule has 33 heavy (non-hydrogen) atoms. The van der Waals surface area contributed by atoms with Crippen molar-refractivity contribution in [3.05, 3.63) is 84.4 Å². The van der Waals surface area contributed by atoms with Crippen LogP contribution in [0.15, 0.2) is 83.8 Å². The van der Waals surface area contributed by atoms with Crippen molar-refractivity contribution in [2.75, 3.05) is 10.0 Å². The number of benzene rings is 3. The Bertz CT molecular complexity index is 1210. The van der Waals surface area contributed by atoms with Gasteiger partial charge >= 0.3 is 0 Å². The van der Waals surface area contributed by atoms with Crippen molar-refractivity contribution in [3.63, 3.8) is 0 Å². The second-order valence-electron chi connectivity index (χ2n) is 7.27. The Hall–Kier alpha value is -3.43. The summed E-state index contributed by atoms with van der Waals surface area (Å²) in [6.45, 7) is 3.98. The van der Waals surface area contributed by atoms with E-state index in [4.69, 9.17) is 17.0 Å². The summed E-state index contributed by atoms with van der Waals surface area (Å²) >= 11 is 5.22. The molecular formula is C24H25N3O4S2. The molecule has 1 amide bonds. The molecule has 3 N–H and O–H groups in total. The summed E-state index contributed by atoms with van der Waals surface area (Å²) in [4.78, 5) is 12.6. The van der Waals surface area contributed by atoms with Gasteiger partial charge in [0, 0.05) is 16.9 Å². The van der Waals surface area contributed by atoms with Crippen molar-refractivity contribution >= 4 is 44.6 Å². The van der Waals surface area contributed by atoms with Crippen LogP contribution >= 0.6 is 12.2 Å². The Balaban J connectivity index is 1.59. The molecule has 1 unspecified atom stereocenters.